The first-order valence-corrected chi connectivity index (χ1v) is 7.61. The second-order valence-electron chi connectivity index (χ2n) is 3.57. The quantitative estimate of drug-likeness (QED) is 0.714. The minimum absolute atomic E-state index is 0.0801. The van der Waals surface area contributed by atoms with Crippen LogP contribution in [0.5, 0.6) is 5.75 Å². The molecule has 0 radical (unpaired) electrons. The molecular formula is C13H7Br2NO2S. The van der Waals surface area contributed by atoms with Crippen molar-refractivity contribution in [3.05, 3.63) is 49.0 Å². The van der Waals surface area contributed by atoms with Crippen molar-refractivity contribution in [2.24, 2.45) is 0 Å². The van der Waals surface area contributed by atoms with E-state index in [1.807, 2.05) is 12.1 Å². The van der Waals surface area contributed by atoms with Crippen LogP contribution in [0.15, 0.2) is 38.6 Å². The molecule has 19 heavy (non-hydrogen) atoms. The lowest BCUT2D eigenvalue weighted by molar-refractivity contribution is 0.0925. The maximum atomic E-state index is 11.9. The average Bonchev–Trinajstić information content (AvgIpc) is 2.83. The van der Waals surface area contributed by atoms with Crippen molar-refractivity contribution in [1.82, 2.24) is 0 Å². The molecule has 96 valence electrons. The van der Waals surface area contributed by atoms with Crippen molar-refractivity contribution in [3.63, 3.8) is 0 Å². The Labute approximate surface area is 131 Å². The van der Waals surface area contributed by atoms with Gasteiger partial charge >= 0.3 is 0 Å². The highest BCUT2D eigenvalue weighted by molar-refractivity contribution is 9.11. The van der Waals surface area contributed by atoms with Gasteiger partial charge in [-0.05, 0) is 46.3 Å². The number of halogens is 2. The average molecular weight is 401 g/mol. The Balaban J connectivity index is 2.07. The third-order valence-electron chi connectivity index (χ3n) is 2.27. The molecule has 2 rings (SSSR count). The predicted molar refractivity (Wildman–Crippen MR) is 80.7 cm³/mol. The molecule has 3 nitrogen and oxygen atoms in total. The number of carbonyl (C=O) groups excluding carboxylic acids is 1. The molecule has 1 heterocycles. The van der Waals surface area contributed by atoms with Crippen molar-refractivity contribution >= 4 is 49.0 Å². The highest BCUT2D eigenvalue weighted by Crippen LogP contribution is 2.24. The first-order valence-electron chi connectivity index (χ1n) is 5.21. The number of benzene rings is 1. The number of hydrogen-bond acceptors (Lipinski definition) is 4. The molecule has 0 N–H and O–H groups in total. The number of ketones is 1. The summed E-state index contributed by atoms with van der Waals surface area (Å²) in [7, 11) is 0. The van der Waals surface area contributed by atoms with Crippen LogP contribution in [0.3, 0.4) is 0 Å². The van der Waals surface area contributed by atoms with Crippen LogP contribution in [0.25, 0.3) is 0 Å². The van der Waals surface area contributed by atoms with E-state index in [-0.39, 0.29) is 12.4 Å². The number of carbonyl (C=O) groups is 1. The highest BCUT2D eigenvalue weighted by Gasteiger charge is 2.11. The molecule has 1 aromatic heterocycles. The number of nitriles is 1. The van der Waals surface area contributed by atoms with Crippen molar-refractivity contribution in [1.29, 1.82) is 5.26 Å². The summed E-state index contributed by atoms with van der Waals surface area (Å²) >= 11 is 7.94. The third kappa shape index (κ3) is 3.66. The van der Waals surface area contributed by atoms with Crippen LogP contribution < -0.4 is 4.74 Å². The van der Waals surface area contributed by atoms with Gasteiger partial charge in [0.2, 0.25) is 5.78 Å². The Kier molecular flexibility index (Phi) is 4.75. The molecule has 0 spiro atoms. The molecule has 0 atom stereocenters. The molecule has 0 aliphatic carbocycles. The summed E-state index contributed by atoms with van der Waals surface area (Å²) in [6.45, 7) is -0.0801. The van der Waals surface area contributed by atoms with Crippen LogP contribution >= 0.6 is 43.2 Å². The number of nitrogens with zero attached hydrogens (tertiary/aromatic N) is 1. The molecule has 0 fully saturated rings. The summed E-state index contributed by atoms with van der Waals surface area (Å²) in [5.74, 6) is 0.303. The Morgan fingerprint density at radius 2 is 2.11 bits per heavy atom. The van der Waals surface area contributed by atoms with Crippen molar-refractivity contribution < 1.29 is 9.53 Å². The second-order valence-corrected chi connectivity index (χ2v) is 6.95. The maximum Gasteiger partial charge on any atom is 0.210 e. The van der Waals surface area contributed by atoms with Gasteiger partial charge in [-0.2, -0.15) is 5.26 Å². The van der Waals surface area contributed by atoms with Crippen LogP contribution in [0.2, 0.25) is 0 Å². The molecule has 0 amide bonds. The SMILES string of the molecule is N#Cc1cc(Br)ccc1OCC(=O)c1ccc(Br)s1. The van der Waals surface area contributed by atoms with Crippen LogP contribution in [0, 0.1) is 11.3 Å². The van der Waals surface area contributed by atoms with Gasteiger partial charge < -0.3 is 4.74 Å². The largest absolute Gasteiger partial charge is 0.484 e. The van der Waals surface area contributed by atoms with E-state index in [4.69, 9.17) is 10.00 Å². The van der Waals surface area contributed by atoms with E-state index in [0.29, 0.717) is 16.2 Å². The number of Topliss-reactive ketones (excluding diaryl/α,β-unsaturated/α-hetero) is 1. The summed E-state index contributed by atoms with van der Waals surface area (Å²) in [4.78, 5) is 12.5. The Hall–Kier alpha value is -1.16. The van der Waals surface area contributed by atoms with E-state index >= 15 is 0 Å². The van der Waals surface area contributed by atoms with E-state index in [1.165, 1.54) is 11.3 Å². The van der Waals surface area contributed by atoms with Gasteiger partial charge in [0.1, 0.15) is 11.8 Å². The first-order chi connectivity index (χ1) is 9.10. The molecular weight excluding hydrogens is 394 g/mol. The minimum Gasteiger partial charge on any atom is -0.484 e. The molecule has 0 aliphatic heterocycles. The van der Waals surface area contributed by atoms with E-state index in [2.05, 4.69) is 31.9 Å². The highest BCUT2D eigenvalue weighted by atomic mass is 79.9. The normalized spacial score (nSPS) is 9.95. The fourth-order valence-corrected chi connectivity index (χ4v) is 3.07. The smallest absolute Gasteiger partial charge is 0.210 e. The van der Waals surface area contributed by atoms with Crippen molar-refractivity contribution in [2.75, 3.05) is 6.61 Å². The topological polar surface area (TPSA) is 50.1 Å². The molecule has 1 aromatic carbocycles. The summed E-state index contributed by atoms with van der Waals surface area (Å²) in [6, 6.07) is 10.7. The van der Waals surface area contributed by atoms with Gasteiger partial charge in [0, 0.05) is 4.47 Å². The summed E-state index contributed by atoms with van der Waals surface area (Å²) < 4.78 is 7.10. The zero-order valence-electron chi connectivity index (χ0n) is 9.52. The first kappa shape index (κ1) is 14.3. The molecule has 0 saturated heterocycles. The number of hydrogen-bond donors (Lipinski definition) is 0. The standard InChI is InChI=1S/C13H7Br2NO2S/c14-9-1-2-11(8(5-9)6-16)18-7-10(17)12-3-4-13(15)19-12/h1-5H,7H2. The Bertz CT molecular complexity index is 661. The van der Waals surface area contributed by atoms with Gasteiger partial charge in [0.15, 0.2) is 6.61 Å². The van der Waals surface area contributed by atoms with Gasteiger partial charge in [-0.15, -0.1) is 11.3 Å². The lowest BCUT2D eigenvalue weighted by Gasteiger charge is -2.06. The summed E-state index contributed by atoms with van der Waals surface area (Å²) in [5.41, 5.74) is 0.398. The number of ether oxygens (including phenoxy) is 1. The fourth-order valence-electron chi connectivity index (χ4n) is 1.39. The fraction of sp³-hybridized carbons (Fsp3) is 0.0769. The minimum atomic E-state index is -0.109. The second kappa shape index (κ2) is 6.33. The van der Waals surface area contributed by atoms with Crippen LogP contribution in [-0.2, 0) is 0 Å². The van der Waals surface area contributed by atoms with E-state index < -0.39 is 0 Å². The lowest BCUT2D eigenvalue weighted by Crippen LogP contribution is -2.10. The zero-order chi connectivity index (χ0) is 13.8. The maximum absolute atomic E-state index is 11.9. The molecule has 0 bridgehead atoms. The van der Waals surface area contributed by atoms with Crippen LogP contribution in [0.4, 0.5) is 0 Å². The van der Waals surface area contributed by atoms with Gasteiger partial charge in [-0.25, -0.2) is 0 Å². The predicted octanol–water partition coefficient (Wildman–Crippen LogP) is 4.41. The molecule has 2 aromatic rings. The van der Waals surface area contributed by atoms with Gasteiger partial charge in [-0.1, -0.05) is 15.9 Å². The number of thiophene rings is 1. The van der Waals surface area contributed by atoms with Crippen molar-refractivity contribution in [2.45, 2.75) is 0 Å². The molecule has 0 unspecified atom stereocenters. The van der Waals surface area contributed by atoms with Gasteiger partial charge in [-0.3, -0.25) is 4.79 Å². The van der Waals surface area contributed by atoms with E-state index in [0.717, 1.165) is 8.26 Å². The number of rotatable bonds is 4. The van der Waals surface area contributed by atoms with Crippen molar-refractivity contribution in [3.8, 4) is 11.8 Å². The summed E-state index contributed by atoms with van der Waals surface area (Å²) in [6.07, 6.45) is 0. The molecule has 0 saturated carbocycles. The van der Waals surface area contributed by atoms with Crippen LogP contribution in [-0.4, -0.2) is 12.4 Å². The van der Waals surface area contributed by atoms with E-state index in [1.54, 1.807) is 24.3 Å². The van der Waals surface area contributed by atoms with Gasteiger partial charge in [0.25, 0.3) is 0 Å². The zero-order valence-corrected chi connectivity index (χ0v) is 13.5. The Morgan fingerprint density at radius 3 is 2.74 bits per heavy atom. The molecule has 0 aliphatic rings. The molecule has 6 heteroatoms. The Morgan fingerprint density at radius 1 is 1.32 bits per heavy atom. The monoisotopic (exact) mass is 399 g/mol. The van der Waals surface area contributed by atoms with E-state index in [9.17, 15) is 4.79 Å². The van der Waals surface area contributed by atoms with Crippen LogP contribution in [0.1, 0.15) is 15.2 Å². The lowest BCUT2D eigenvalue weighted by atomic mass is 10.2. The van der Waals surface area contributed by atoms with Gasteiger partial charge in [0.05, 0.1) is 14.2 Å². The summed E-state index contributed by atoms with van der Waals surface area (Å²) in [5, 5.41) is 8.99. The third-order valence-corrected chi connectivity index (χ3v) is 4.43.